The number of hydrogen-bond donors (Lipinski definition) is 0. The Morgan fingerprint density at radius 2 is 1.94 bits per heavy atom. The number of nitrogens with zero attached hydrogens (tertiary/aromatic N) is 1. The Labute approximate surface area is 107 Å². The van der Waals surface area contributed by atoms with Gasteiger partial charge in [-0.1, -0.05) is 36.5 Å². The van der Waals surface area contributed by atoms with Gasteiger partial charge in [0.25, 0.3) is 0 Å². The fraction of sp³-hybridized carbons (Fsp3) is 0.214. The Kier molecular flexibility index (Phi) is 5.57. The molecule has 0 amide bonds. The third kappa shape index (κ3) is 4.49. The Balaban J connectivity index is 3.05. The second kappa shape index (κ2) is 6.97. The monoisotopic (exact) mass is 247 g/mol. The minimum absolute atomic E-state index is 0.694. The summed E-state index contributed by atoms with van der Waals surface area (Å²) in [6.07, 6.45) is 1.68. The molecule has 0 aliphatic heterocycles. The summed E-state index contributed by atoms with van der Waals surface area (Å²) in [4.78, 5) is 5.61. The molecule has 0 atom stereocenters. The highest BCUT2D eigenvalue weighted by molar-refractivity contribution is 8.03. The first-order valence-corrected chi connectivity index (χ1v) is 6.14. The molecule has 90 valence electrons. The van der Waals surface area contributed by atoms with E-state index in [-0.39, 0.29) is 0 Å². The zero-order chi connectivity index (χ0) is 12.7. The molecule has 1 rings (SSSR count). The van der Waals surface area contributed by atoms with Crippen molar-refractivity contribution < 1.29 is 4.74 Å². The predicted octanol–water partition coefficient (Wildman–Crippen LogP) is 4.26. The van der Waals surface area contributed by atoms with Crippen molar-refractivity contribution in [2.45, 2.75) is 18.7 Å². The van der Waals surface area contributed by atoms with E-state index in [1.165, 1.54) is 0 Å². The van der Waals surface area contributed by atoms with Crippen LogP contribution >= 0.6 is 11.8 Å². The lowest BCUT2D eigenvalue weighted by Crippen LogP contribution is -1.90. The molecule has 0 heterocycles. The van der Waals surface area contributed by atoms with E-state index in [0.717, 1.165) is 15.6 Å². The van der Waals surface area contributed by atoms with E-state index in [2.05, 4.69) is 11.6 Å². The molecule has 1 aromatic rings. The number of methoxy groups -OCH3 is 1. The van der Waals surface area contributed by atoms with Crippen LogP contribution in [0, 0.1) is 0 Å². The van der Waals surface area contributed by atoms with Crippen molar-refractivity contribution in [3.63, 3.8) is 0 Å². The van der Waals surface area contributed by atoms with Crippen molar-refractivity contribution >= 4 is 17.5 Å². The maximum atomic E-state index is 5.27. The van der Waals surface area contributed by atoms with Gasteiger partial charge in [-0.2, -0.15) is 0 Å². The molecule has 0 fully saturated rings. The van der Waals surface area contributed by atoms with Crippen molar-refractivity contribution in [2.24, 2.45) is 4.99 Å². The summed E-state index contributed by atoms with van der Waals surface area (Å²) in [5.41, 5.74) is 0.986. The van der Waals surface area contributed by atoms with E-state index < -0.39 is 0 Å². The number of ether oxygens (including phenoxy) is 1. The van der Waals surface area contributed by atoms with Crippen molar-refractivity contribution in [2.75, 3.05) is 7.11 Å². The molecular formula is C14H17NOS. The first kappa shape index (κ1) is 13.6. The molecular weight excluding hydrogens is 230 g/mol. The first-order valence-electron chi connectivity index (χ1n) is 5.33. The summed E-state index contributed by atoms with van der Waals surface area (Å²) < 4.78 is 5.27. The summed E-state index contributed by atoms with van der Waals surface area (Å²) in [7, 11) is 1.63. The van der Waals surface area contributed by atoms with Gasteiger partial charge in [0.05, 0.1) is 7.11 Å². The number of rotatable bonds is 5. The van der Waals surface area contributed by atoms with Crippen LogP contribution in [0.15, 0.2) is 63.7 Å². The van der Waals surface area contributed by atoms with Gasteiger partial charge in [0.2, 0.25) is 0 Å². The SMILES string of the molecule is C=C/C(OC)=C(\N=C(C)C)Sc1ccccc1. The number of allylic oxidation sites excluding steroid dienone is 1. The van der Waals surface area contributed by atoms with Gasteiger partial charge >= 0.3 is 0 Å². The molecule has 0 saturated heterocycles. The molecule has 0 saturated carbocycles. The summed E-state index contributed by atoms with van der Waals surface area (Å²) in [6, 6.07) is 10.1. The minimum atomic E-state index is 0.694. The maximum Gasteiger partial charge on any atom is 0.150 e. The minimum Gasteiger partial charge on any atom is -0.494 e. The van der Waals surface area contributed by atoms with Crippen LogP contribution in [0.5, 0.6) is 0 Å². The summed E-state index contributed by atoms with van der Waals surface area (Å²) in [5.74, 6) is 0.694. The van der Waals surface area contributed by atoms with Gasteiger partial charge in [-0.15, -0.1) is 0 Å². The summed E-state index contributed by atoms with van der Waals surface area (Å²) in [5, 5.41) is 0.828. The normalized spacial score (nSPS) is 11.5. The van der Waals surface area contributed by atoms with E-state index in [1.54, 1.807) is 24.9 Å². The van der Waals surface area contributed by atoms with E-state index in [0.29, 0.717) is 5.76 Å². The average molecular weight is 247 g/mol. The Morgan fingerprint density at radius 3 is 2.41 bits per heavy atom. The van der Waals surface area contributed by atoms with Crippen molar-refractivity contribution in [3.8, 4) is 0 Å². The third-order valence-electron chi connectivity index (χ3n) is 1.90. The topological polar surface area (TPSA) is 21.6 Å². The Hall–Kier alpha value is -1.48. The second-order valence-corrected chi connectivity index (χ2v) is 4.61. The van der Waals surface area contributed by atoms with Gasteiger partial charge in [0, 0.05) is 10.6 Å². The molecule has 17 heavy (non-hydrogen) atoms. The van der Waals surface area contributed by atoms with Crippen molar-refractivity contribution in [1.29, 1.82) is 0 Å². The largest absolute Gasteiger partial charge is 0.494 e. The van der Waals surface area contributed by atoms with Crippen LogP contribution in [0.4, 0.5) is 0 Å². The maximum absolute atomic E-state index is 5.27. The molecule has 2 nitrogen and oxygen atoms in total. The van der Waals surface area contributed by atoms with E-state index >= 15 is 0 Å². The molecule has 0 N–H and O–H groups in total. The lowest BCUT2D eigenvalue weighted by Gasteiger charge is -2.07. The van der Waals surface area contributed by atoms with E-state index in [9.17, 15) is 0 Å². The number of aliphatic imine (C=N–C) groups is 1. The Bertz CT molecular complexity index is 431. The molecule has 0 radical (unpaired) electrons. The highest BCUT2D eigenvalue weighted by atomic mass is 32.2. The quantitative estimate of drug-likeness (QED) is 0.335. The van der Waals surface area contributed by atoms with Gasteiger partial charge < -0.3 is 4.74 Å². The van der Waals surface area contributed by atoms with Crippen LogP contribution < -0.4 is 0 Å². The third-order valence-corrected chi connectivity index (χ3v) is 2.89. The van der Waals surface area contributed by atoms with Gasteiger partial charge in [0.1, 0.15) is 5.03 Å². The molecule has 1 aromatic carbocycles. The molecule has 0 aliphatic rings. The molecule has 0 spiro atoms. The van der Waals surface area contributed by atoms with Crippen LogP contribution in [-0.2, 0) is 4.74 Å². The van der Waals surface area contributed by atoms with Gasteiger partial charge in [0.15, 0.2) is 5.76 Å². The molecule has 0 aliphatic carbocycles. The number of benzene rings is 1. The zero-order valence-electron chi connectivity index (χ0n) is 10.4. The molecule has 0 bridgehead atoms. The molecule has 0 unspecified atom stereocenters. The smallest absolute Gasteiger partial charge is 0.150 e. The lowest BCUT2D eigenvalue weighted by molar-refractivity contribution is 0.305. The fourth-order valence-electron chi connectivity index (χ4n) is 1.19. The second-order valence-electron chi connectivity index (χ2n) is 3.55. The van der Waals surface area contributed by atoms with E-state index in [4.69, 9.17) is 4.74 Å². The highest BCUT2D eigenvalue weighted by Gasteiger charge is 2.05. The van der Waals surface area contributed by atoms with Gasteiger partial charge in [-0.3, -0.25) is 0 Å². The van der Waals surface area contributed by atoms with Gasteiger partial charge in [-0.05, 0) is 32.1 Å². The van der Waals surface area contributed by atoms with Crippen LogP contribution in [-0.4, -0.2) is 12.8 Å². The van der Waals surface area contributed by atoms with Crippen LogP contribution in [0.2, 0.25) is 0 Å². The fourth-order valence-corrected chi connectivity index (χ4v) is 2.20. The highest BCUT2D eigenvalue weighted by Crippen LogP contribution is 2.30. The number of hydrogen-bond acceptors (Lipinski definition) is 3. The zero-order valence-corrected chi connectivity index (χ0v) is 11.3. The standard InChI is InChI=1S/C14H17NOS/c1-5-13(16-4)14(15-11(2)3)17-12-9-7-6-8-10-12/h5-10H,1H2,2-4H3/b14-13-. The first-order chi connectivity index (χ1) is 8.17. The van der Waals surface area contributed by atoms with Gasteiger partial charge in [-0.25, -0.2) is 4.99 Å². The Morgan fingerprint density at radius 1 is 1.29 bits per heavy atom. The summed E-state index contributed by atoms with van der Waals surface area (Å²) >= 11 is 1.57. The molecule has 0 aromatic heterocycles. The van der Waals surface area contributed by atoms with Crippen molar-refractivity contribution in [3.05, 3.63) is 53.8 Å². The van der Waals surface area contributed by atoms with E-state index in [1.807, 2.05) is 44.2 Å². The van der Waals surface area contributed by atoms with Crippen LogP contribution in [0.25, 0.3) is 0 Å². The molecule has 3 heteroatoms. The number of thioether (sulfide) groups is 1. The predicted molar refractivity (Wildman–Crippen MR) is 75.3 cm³/mol. The van der Waals surface area contributed by atoms with Crippen molar-refractivity contribution in [1.82, 2.24) is 0 Å². The lowest BCUT2D eigenvalue weighted by atomic mass is 10.4. The summed E-state index contributed by atoms with van der Waals surface area (Å²) in [6.45, 7) is 7.66. The van der Waals surface area contributed by atoms with Crippen LogP contribution in [0.3, 0.4) is 0 Å². The average Bonchev–Trinajstić information content (AvgIpc) is 2.31. The van der Waals surface area contributed by atoms with Crippen LogP contribution in [0.1, 0.15) is 13.8 Å².